The summed E-state index contributed by atoms with van der Waals surface area (Å²) in [4.78, 5) is 0. The lowest BCUT2D eigenvalue weighted by atomic mass is 10.2. The molecule has 0 saturated carbocycles. The molecule has 9 heteroatoms. The summed E-state index contributed by atoms with van der Waals surface area (Å²) in [6.07, 6.45) is 0. The first-order valence-electron chi connectivity index (χ1n) is 5.57. The van der Waals surface area contributed by atoms with Crippen LogP contribution in [-0.2, 0) is 16.6 Å². The van der Waals surface area contributed by atoms with Gasteiger partial charge in [-0.05, 0) is 33.6 Å². The Labute approximate surface area is 150 Å². The quantitative estimate of drug-likeness (QED) is 0.636. The van der Waals surface area contributed by atoms with Gasteiger partial charge in [-0.15, -0.1) is 11.3 Å². The minimum Gasteiger partial charge on any atom is -0.206 e. The van der Waals surface area contributed by atoms with Crippen LogP contribution in [0.15, 0.2) is 32.3 Å². The Morgan fingerprint density at radius 1 is 1.24 bits per heavy atom. The maximum Gasteiger partial charge on any atom is 0.252 e. The Kier molecular flexibility index (Phi) is 5.63. The number of sulfonamides is 1. The van der Waals surface area contributed by atoms with Gasteiger partial charge in [-0.3, -0.25) is 0 Å². The number of benzene rings is 1. The summed E-state index contributed by atoms with van der Waals surface area (Å²) >= 11 is 22.2. The molecule has 0 spiro atoms. The summed E-state index contributed by atoms with van der Waals surface area (Å²) in [5, 5.41) is 1.11. The highest BCUT2D eigenvalue weighted by atomic mass is 79.9. The molecule has 0 saturated heterocycles. The molecule has 0 amide bonds. The maximum absolute atomic E-state index is 12.5. The van der Waals surface area contributed by atoms with Crippen LogP contribution in [0, 0.1) is 0 Å². The number of nitrogens with zero attached hydrogens (tertiary/aromatic N) is 1. The van der Waals surface area contributed by atoms with E-state index in [1.165, 1.54) is 17.4 Å². The van der Waals surface area contributed by atoms with Crippen molar-refractivity contribution in [2.24, 2.45) is 0 Å². The van der Waals surface area contributed by atoms with Crippen molar-refractivity contribution in [3.8, 4) is 0 Å². The predicted molar refractivity (Wildman–Crippen MR) is 92.1 cm³/mol. The SMILES string of the molecule is CN(Cc1cccc(Cl)c1Cl)S(=O)(=O)c1cc(Cl)c(Br)s1. The molecule has 21 heavy (non-hydrogen) atoms. The molecule has 0 bridgehead atoms. The van der Waals surface area contributed by atoms with Crippen molar-refractivity contribution in [2.45, 2.75) is 10.8 Å². The van der Waals surface area contributed by atoms with Crippen LogP contribution < -0.4 is 0 Å². The second-order valence-electron chi connectivity index (χ2n) is 4.16. The summed E-state index contributed by atoms with van der Waals surface area (Å²) < 4.78 is 26.9. The predicted octanol–water partition coefficient (Wildman–Crippen LogP) is 5.29. The molecule has 3 nitrogen and oxygen atoms in total. The van der Waals surface area contributed by atoms with E-state index in [-0.39, 0.29) is 10.8 Å². The molecule has 0 fully saturated rings. The number of hydrogen-bond donors (Lipinski definition) is 0. The lowest BCUT2D eigenvalue weighted by Crippen LogP contribution is -2.26. The molecular formula is C12H9BrCl3NO2S2. The summed E-state index contributed by atoms with van der Waals surface area (Å²) in [7, 11) is -2.15. The number of thiophene rings is 1. The molecule has 1 heterocycles. The summed E-state index contributed by atoms with van der Waals surface area (Å²) in [5.41, 5.74) is 0.636. The van der Waals surface area contributed by atoms with E-state index in [0.717, 1.165) is 11.3 Å². The summed E-state index contributed by atoms with van der Waals surface area (Å²) in [6.45, 7) is 0.120. The molecule has 0 aliphatic heterocycles. The third-order valence-electron chi connectivity index (χ3n) is 2.71. The van der Waals surface area contributed by atoms with Crippen molar-refractivity contribution in [3.63, 3.8) is 0 Å². The third-order valence-corrected chi connectivity index (χ3v) is 8.30. The fourth-order valence-corrected chi connectivity index (χ4v) is 5.74. The lowest BCUT2D eigenvalue weighted by Gasteiger charge is -2.17. The Bertz CT molecular complexity index is 757. The highest BCUT2D eigenvalue weighted by molar-refractivity contribution is 9.11. The van der Waals surface area contributed by atoms with Gasteiger partial charge >= 0.3 is 0 Å². The van der Waals surface area contributed by atoms with Gasteiger partial charge in [0.2, 0.25) is 0 Å². The van der Waals surface area contributed by atoms with Gasteiger partial charge in [-0.2, -0.15) is 4.31 Å². The van der Waals surface area contributed by atoms with E-state index >= 15 is 0 Å². The minimum atomic E-state index is -3.63. The van der Waals surface area contributed by atoms with Gasteiger partial charge in [0.1, 0.15) is 4.21 Å². The van der Waals surface area contributed by atoms with Gasteiger partial charge in [-0.1, -0.05) is 46.9 Å². The molecule has 0 atom stereocenters. The zero-order valence-electron chi connectivity index (χ0n) is 10.6. The summed E-state index contributed by atoms with van der Waals surface area (Å²) in [5.74, 6) is 0. The second-order valence-corrected chi connectivity index (χ2v) is 10.00. The fraction of sp³-hybridized carbons (Fsp3) is 0.167. The van der Waals surface area contributed by atoms with Crippen molar-refractivity contribution in [3.05, 3.63) is 48.7 Å². The smallest absolute Gasteiger partial charge is 0.206 e. The average molecular weight is 450 g/mol. The zero-order valence-corrected chi connectivity index (χ0v) is 16.1. The molecule has 0 unspecified atom stereocenters. The van der Waals surface area contributed by atoms with E-state index in [0.29, 0.717) is 24.4 Å². The molecule has 2 rings (SSSR count). The molecule has 0 aliphatic carbocycles. The van der Waals surface area contributed by atoms with Crippen molar-refractivity contribution in [1.29, 1.82) is 0 Å². The first-order valence-corrected chi connectivity index (χ1v) is 9.76. The normalized spacial score (nSPS) is 12.1. The number of rotatable bonds is 4. The Morgan fingerprint density at radius 3 is 2.48 bits per heavy atom. The first-order chi connectivity index (χ1) is 9.73. The van der Waals surface area contributed by atoms with E-state index in [2.05, 4.69) is 15.9 Å². The first kappa shape index (κ1) is 17.5. The van der Waals surface area contributed by atoms with Gasteiger partial charge in [0.15, 0.2) is 0 Å². The van der Waals surface area contributed by atoms with Crippen LogP contribution in [0.25, 0.3) is 0 Å². The van der Waals surface area contributed by atoms with E-state index in [1.54, 1.807) is 18.2 Å². The number of halogens is 4. The number of hydrogen-bond acceptors (Lipinski definition) is 3. The van der Waals surface area contributed by atoms with Crippen molar-refractivity contribution in [1.82, 2.24) is 4.31 Å². The van der Waals surface area contributed by atoms with Crippen LogP contribution in [0.2, 0.25) is 15.1 Å². The van der Waals surface area contributed by atoms with E-state index in [4.69, 9.17) is 34.8 Å². The topological polar surface area (TPSA) is 37.4 Å². The lowest BCUT2D eigenvalue weighted by molar-refractivity contribution is 0.468. The van der Waals surface area contributed by atoms with Gasteiger partial charge in [0.05, 0.1) is 18.9 Å². The zero-order chi connectivity index (χ0) is 15.8. The molecule has 1 aromatic carbocycles. The van der Waals surface area contributed by atoms with Crippen LogP contribution >= 0.6 is 62.1 Å². The molecule has 114 valence electrons. The highest BCUT2D eigenvalue weighted by Crippen LogP contribution is 2.36. The Balaban J connectivity index is 2.31. The van der Waals surface area contributed by atoms with Crippen LogP contribution in [0.1, 0.15) is 5.56 Å². The van der Waals surface area contributed by atoms with E-state index < -0.39 is 10.0 Å². The standard InChI is InChI=1S/C12H9BrCl3NO2S2/c1-17(6-7-3-2-4-8(14)11(7)16)21(18,19)10-5-9(15)12(13)20-10/h2-5H,6H2,1H3. The Morgan fingerprint density at radius 2 is 1.90 bits per heavy atom. The molecule has 1 aromatic heterocycles. The monoisotopic (exact) mass is 447 g/mol. The molecule has 0 radical (unpaired) electrons. The van der Waals surface area contributed by atoms with Gasteiger partial charge in [-0.25, -0.2) is 8.42 Å². The minimum absolute atomic E-state index is 0.120. The van der Waals surface area contributed by atoms with Gasteiger partial charge in [0, 0.05) is 13.6 Å². The van der Waals surface area contributed by atoms with Gasteiger partial charge < -0.3 is 0 Å². The fourth-order valence-electron chi connectivity index (χ4n) is 1.60. The molecule has 2 aromatic rings. The second kappa shape index (κ2) is 6.74. The Hall–Kier alpha value is 0.180. The van der Waals surface area contributed by atoms with Crippen LogP contribution in [0.3, 0.4) is 0 Å². The van der Waals surface area contributed by atoms with Gasteiger partial charge in [0.25, 0.3) is 10.0 Å². The van der Waals surface area contributed by atoms with E-state index in [1.807, 2.05) is 0 Å². The van der Waals surface area contributed by atoms with Crippen LogP contribution in [0.5, 0.6) is 0 Å². The highest BCUT2D eigenvalue weighted by Gasteiger charge is 2.25. The van der Waals surface area contributed by atoms with Crippen molar-refractivity contribution in [2.75, 3.05) is 7.05 Å². The molecule has 0 aliphatic rings. The van der Waals surface area contributed by atoms with Crippen LogP contribution in [-0.4, -0.2) is 19.8 Å². The third kappa shape index (κ3) is 3.75. The largest absolute Gasteiger partial charge is 0.252 e. The van der Waals surface area contributed by atoms with Crippen LogP contribution in [0.4, 0.5) is 0 Å². The van der Waals surface area contributed by atoms with Crippen molar-refractivity contribution < 1.29 is 8.42 Å². The summed E-state index contributed by atoms with van der Waals surface area (Å²) in [6, 6.07) is 6.53. The maximum atomic E-state index is 12.5. The average Bonchev–Trinajstić information content (AvgIpc) is 2.75. The molecule has 0 N–H and O–H groups in total. The van der Waals surface area contributed by atoms with E-state index in [9.17, 15) is 8.42 Å². The molecular weight excluding hydrogens is 441 g/mol. The van der Waals surface area contributed by atoms with Crippen molar-refractivity contribution >= 4 is 72.1 Å².